The minimum absolute atomic E-state index is 0. The van der Waals surface area contributed by atoms with Gasteiger partial charge in [-0.25, -0.2) is 0 Å². The summed E-state index contributed by atoms with van der Waals surface area (Å²) in [6.45, 7) is 2.81. The molecule has 2 aromatic rings. The van der Waals surface area contributed by atoms with Gasteiger partial charge in [0.05, 0.1) is 12.7 Å². The summed E-state index contributed by atoms with van der Waals surface area (Å²) in [5.74, 6) is 0.478. The van der Waals surface area contributed by atoms with Crippen molar-refractivity contribution >= 4 is 35.6 Å². The lowest BCUT2D eigenvalue weighted by molar-refractivity contribution is 0.175. The second-order valence-electron chi connectivity index (χ2n) is 6.13. The summed E-state index contributed by atoms with van der Waals surface area (Å²) in [5, 5.41) is 12.9. The van der Waals surface area contributed by atoms with E-state index in [1.54, 1.807) is 14.0 Å². The van der Waals surface area contributed by atoms with E-state index in [1.807, 2.05) is 42.5 Å². The van der Waals surface area contributed by atoms with Crippen LogP contribution in [-0.4, -0.2) is 30.8 Å². The van der Waals surface area contributed by atoms with Crippen molar-refractivity contribution in [3.8, 4) is 0 Å². The van der Waals surface area contributed by atoms with Crippen LogP contribution in [0.15, 0.2) is 59.6 Å². The number of aliphatic hydroxyl groups is 1. The number of anilines is 1. The number of nitrogens with one attached hydrogen (secondary N) is 1. The zero-order valence-electron chi connectivity index (χ0n) is 15.3. The molecular weight excluding hydrogens is 441 g/mol. The highest BCUT2D eigenvalue weighted by molar-refractivity contribution is 14.0. The summed E-state index contributed by atoms with van der Waals surface area (Å²) in [6.07, 6.45) is 0.248. The Morgan fingerprint density at radius 3 is 2.46 bits per heavy atom. The number of hydrogen-bond acceptors (Lipinski definition) is 3. The lowest BCUT2D eigenvalue weighted by Gasteiger charge is -2.18. The lowest BCUT2D eigenvalue weighted by atomic mass is 9.93. The quantitative estimate of drug-likeness (QED) is 0.313. The standard InChI is InChI=1S/C20H27N3O2.HI/c1-15(24)12-18(16-8-4-3-5-9-16)13-22-20(21)23-19-11-7-6-10-17(19)14-25-2;/h3-11,15,18,24H,12-14H2,1-2H3,(H3,21,22,23);1H. The third kappa shape index (κ3) is 7.31. The van der Waals surface area contributed by atoms with E-state index in [0.29, 0.717) is 25.5 Å². The zero-order chi connectivity index (χ0) is 18.1. The fraction of sp³-hybridized carbons (Fsp3) is 0.350. The monoisotopic (exact) mass is 469 g/mol. The molecule has 0 aromatic heterocycles. The van der Waals surface area contributed by atoms with Gasteiger partial charge >= 0.3 is 0 Å². The molecule has 2 unspecified atom stereocenters. The van der Waals surface area contributed by atoms with Crippen molar-refractivity contribution in [1.82, 2.24) is 0 Å². The highest BCUT2D eigenvalue weighted by Gasteiger charge is 2.14. The molecule has 0 spiro atoms. The molecule has 0 fully saturated rings. The molecule has 0 amide bonds. The molecule has 2 aromatic carbocycles. The topological polar surface area (TPSA) is 79.9 Å². The normalized spacial score (nSPS) is 13.6. The number of para-hydroxylation sites is 1. The number of nitrogens with zero attached hydrogens (tertiary/aromatic N) is 1. The Labute approximate surface area is 172 Å². The van der Waals surface area contributed by atoms with Crippen LogP contribution in [0.1, 0.15) is 30.4 Å². The number of aliphatic imine (C=N–C) groups is 1. The first-order chi connectivity index (χ1) is 12.1. The molecule has 5 nitrogen and oxygen atoms in total. The molecule has 0 aliphatic carbocycles. The van der Waals surface area contributed by atoms with Crippen LogP contribution >= 0.6 is 24.0 Å². The largest absolute Gasteiger partial charge is 0.393 e. The van der Waals surface area contributed by atoms with Crippen LogP contribution in [0.3, 0.4) is 0 Å². The van der Waals surface area contributed by atoms with Crippen LogP contribution in [0.5, 0.6) is 0 Å². The minimum atomic E-state index is -0.392. The molecule has 0 heterocycles. The summed E-state index contributed by atoms with van der Waals surface area (Å²) >= 11 is 0. The SMILES string of the molecule is COCc1ccccc1NC(N)=NCC(CC(C)O)c1ccccc1.I. The molecule has 0 radical (unpaired) electrons. The number of guanidine groups is 1. The van der Waals surface area contributed by atoms with Gasteiger partial charge in [-0.15, -0.1) is 24.0 Å². The first-order valence-corrected chi connectivity index (χ1v) is 8.47. The number of nitrogens with two attached hydrogens (primary N) is 1. The Morgan fingerprint density at radius 2 is 1.81 bits per heavy atom. The van der Waals surface area contributed by atoms with Gasteiger partial charge in [0.25, 0.3) is 0 Å². The maximum absolute atomic E-state index is 9.77. The van der Waals surface area contributed by atoms with E-state index >= 15 is 0 Å². The lowest BCUT2D eigenvalue weighted by Crippen LogP contribution is -2.24. The number of halogens is 1. The number of methoxy groups -OCH3 is 1. The summed E-state index contributed by atoms with van der Waals surface area (Å²) in [4.78, 5) is 4.48. The van der Waals surface area contributed by atoms with Gasteiger partial charge in [-0.05, 0) is 25.0 Å². The van der Waals surface area contributed by atoms with Gasteiger partial charge in [-0.1, -0.05) is 48.5 Å². The van der Waals surface area contributed by atoms with Crippen molar-refractivity contribution in [1.29, 1.82) is 0 Å². The van der Waals surface area contributed by atoms with E-state index in [-0.39, 0.29) is 29.9 Å². The Balaban J connectivity index is 0.00000338. The van der Waals surface area contributed by atoms with Crippen LogP contribution < -0.4 is 11.1 Å². The van der Waals surface area contributed by atoms with Crippen LogP contribution in [0.4, 0.5) is 5.69 Å². The number of ether oxygens (including phenoxy) is 1. The summed E-state index contributed by atoms with van der Waals surface area (Å²) in [5.41, 5.74) is 9.12. The molecule has 0 bridgehead atoms. The van der Waals surface area contributed by atoms with Crippen LogP contribution in [0.2, 0.25) is 0 Å². The predicted molar refractivity (Wildman–Crippen MR) is 118 cm³/mol. The van der Waals surface area contributed by atoms with E-state index in [4.69, 9.17) is 10.5 Å². The summed E-state index contributed by atoms with van der Waals surface area (Å²) in [7, 11) is 1.66. The van der Waals surface area contributed by atoms with Crippen LogP contribution in [-0.2, 0) is 11.3 Å². The van der Waals surface area contributed by atoms with Gasteiger partial charge in [0, 0.05) is 30.8 Å². The number of rotatable bonds is 8. The molecule has 6 heteroatoms. The second kappa shape index (κ2) is 11.9. The third-order valence-electron chi connectivity index (χ3n) is 3.96. The van der Waals surface area contributed by atoms with Crippen molar-refractivity contribution in [2.75, 3.05) is 19.0 Å². The summed E-state index contributed by atoms with van der Waals surface area (Å²) in [6, 6.07) is 17.9. The molecule has 4 N–H and O–H groups in total. The van der Waals surface area contributed by atoms with Gasteiger partial charge in [-0.3, -0.25) is 4.99 Å². The van der Waals surface area contributed by atoms with Gasteiger partial charge < -0.3 is 20.9 Å². The fourth-order valence-electron chi connectivity index (χ4n) is 2.76. The maximum atomic E-state index is 9.77. The van der Waals surface area contributed by atoms with Gasteiger partial charge in [0.2, 0.25) is 0 Å². The first kappa shape index (κ1) is 22.4. The summed E-state index contributed by atoms with van der Waals surface area (Å²) < 4.78 is 5.20. The van der Waals surface area contributed by atoms with Gasteiger partial charge in [0.1, 0.15) is 0 Å². The van der Waals surface area contributed by atoms with E-state index in [1.165, 1.54) is 0 Å². The van der Waals surface area contributed by atoms with E-state index in [0.717, 1.165) is 16.8 Å². The molecular formula is C20H28IN3O2. The molecule has 26 heavy (non-hydrogen) atoms. The number of aliphatic hydroxyl groups excluding tert-OH is 1. The molecule has 2 atom stereocenters. The Morgan fingerprint density at radius 1 is 1.15 bits per heavy atom. The van der Waals surface area contributed by atoms with Crippen molar-refractivity contribution in [3.63, 3.8) is 0 Å². The highest BCUT2D eigenvalue weighted by atomic mass is 127. The fourth-order valence-corrected chi connectivity index (χ4v) is 2.76. The Kier molecular flexibility index (Phi) is 10.2. The van der Waals surface area contributed by atoms with Crippen molar-refractivity contribution < 1.29 is 9.84 Å². The minimum Gasteiger partial charge on any atom is -0.393 e. The average Bonchev–Trinajstić information content (AvgIpc) is 2.61. The molecule has 0 saturated carbocycles. The van der Waals surface area contributed by atoms with Crippen molar-refractivity contribution in [3.05, 3.63) is 65.7 Å². The first-order valence-electron chi connectivity index (χ1n) is 8.47. The Bertz CT molecular complexity index is 678. The highest BCUT2D eigenvalue weighted by Crippen LogP contribution is 2.22. The third-order valence-corrected chi connectivity index (χ3v) is 3.96. The van der Waals surface area contributed by atoms with Crippen molar-refractivity contribution in [2.24, 2.45) is 10.7 Å². The van der Waals surface area contributed by atoms with E-state index < -0.39 is 6.10 Å². The number of benzene rings is 2. The molecule has 0 aliphatic rings. The average molecular weight is 469 g/mol. The molecule has 2 rings (SSSR count). The van der Waals surface area contributed by atoms with Crippen LogP contribution in [0, 0.1) is 0 Å². The van der Waals surface area contributed by atoms with Crippen LogP contribution in [0.25, 0.3) is 0 Å². The number of hydrogen-bond donors (Lipinski definition) is 3. The van der Waals surface area contributed by atoms with E-state index in [2.05, 4.69) is 22.4 Å². The molecule has 142 valence electrons. The second-order valence-corrected chi connectivity index (χ2v) is 6.13. The Hall–Kier alpha value is -1.64. The maximum Gasteiger partial charge on any atom is 0.193 e. The molecule has 0 aliphatic heterocycles. The van der Waals surface area contributed by atoms with Gasteiger partial charge in [-0.2, -0.15) is 0 Å². The predicted octanol–water partition coefficient (Wildman–Crippen LogP) is 3.73. The van der Waals surface area contributed by atoms with Gasteiger partial charge in [0.15, 0.2) is 5.96 Å². The van der Waals surface area contributed by atoms with Crippen molar-refractivity contribution in [2.45, 2.75) is 32.0 Å². The zero-order valence-corrected chi connectivity index (χ0v) is 17.6. The van der Waals surface area contributed by atoms with E-state index in [9.17, 15) is 5.11 Å². The smallest absolute Gasteiger partial charge is 0.193 e. The molecule has 0 saturated heterocycles.